The summed E-state index contributed by atoms with van der Waals surface area (Å²) in [6.45, 7) is 5.50. The molecule has 3 N–H and O–H groups in total. The molecule has 0 rings (SSSR count). The van der Waals surface area contributed by atoms with Gasteiger partial charge in [-0.2, -0.15) is 6.42 Å². The van der Waals surface area contributed by atoms with Gasteiger partial charge in [0, 0.05) is 102 Å². The van der Waals surface area contributed by atoms with Crippen molar-refractivity contribution in [2.45, 2.75) is 13.3 Å². The standard InChI is InChI=1S/C3H7.C2H6O.CH3O.2Ac.ClH.H2O/c2*1-3-2;1-2;;;;/h1,3H2,2H3;1-2H3;2H,1H2;;;1H;1H2/q-1;;-1;;;;. The normalized spacial score (nSPS) is 3.50. The Morgan fingerprint density at radius 3 is 1.17 bits per heavy atom. The van der Waals surface area contributed by atoms with E-state index in [1.807, 2.05) is 6.92 Å². The van der Waals surface area contributed by atoms with Crippen LogP contribution in [0.4, 0.5) is 0 Å². The molecule has 0 aromatic rings. The Morgan fingerprint density at radius 2 is 1.17 bits per heavy atom. The number of ether oxygens (including phenoxy) is 1. The van der Waals surface area contributed by atoms with E-state index in [4.69, 9.17) is 5.11 Å². The second-order valence-electron chi connectivity index (χ2n) is 0.908. The van der Waals surface area contributed by atoms with Gasteiger partial charge < -0.3 is 22.2 Å². The van der Waals surface area contributed by atoms with Gasteiger partial charge in [0.25, 0.3) is 0 Å². The third-order valence-corrected chi connectivity index (χ3v) is 0. The molecule has 2 radical (unpaired) electrons. The second-order valence-corrected chi connectivity index (χ2v) is 0.908. The molecule has 0 saturated heterocycles. The number of halogens is 1. The van der Waals surface area contributed by atoms with Crippen LogP contribution in [0.3, 0.4) is 0 Å². The van der Waals surface area contributed by atoms with Gasteiger partial charge >= 0.3 is 0 Å². The molecule has 76 valence electrons. The average molecular weight is 629 g/mol. The van der Waals surface area contributed by atoms with Crippen LogP contribution in [0.2, 0.25) is 0 Å². The Labute approximate surface area is 154 Å². The van der Waals surface area contributed by atoms with Crippen molar-refractivity contribution < 1.29 is 103 Å². The molecule has 0 aliphatic rings. The summed E-state index contributed by atoms with van der Waals surface area (Å²) in [4.78, 5) is 0. The fourth-order valence-electron chi connectivity index (χ4n) is 0. The van der Waals surface area contributed by atoms with Crippen LogP contribution in [0.1, 0.15) is 13.3 Å². The molecule has 0 fully saturated rings. The van der Waals surface area contributed by atoms with E-state index in [-0.39, 0.29) is 106 Å². The predicted octanol–water partition coefficient (Wildman–Crippen LogP) is 1.24. The SMILES string of the molecule is COC.Cl.O.[Ac].[Ac].[CH2-]CC.[CH2-]O. The van der Waals surface area contributed by atoms with Crippen LogP contribution in [0.15, 0.2) is 0 Å². The summed E-state index contributed by atoms with van der Waals surface area (Å²) in [5.74, 6) is 0. The summed E-state index contributed by atoms with van der Waals surface area (Å²) in [6, 6.07) is 0. The first-order valence-electron chi connectivity index (χ1n) is 2.34. The quantitative estimate of drug-likeness (QED) is 0.411. The minimum absolute atomic E-state index is 0. The Hall–Kier alpha value is 3.05. The van der Waals surface area contributed by atoms with Gasteiger partial charge in [0.2, 0.25) is 0 Å². The molecule has 0 saturated carbocycles. The molecule has 6 heteroatoms. The Bertz CT molecular complexity index is 22.8. The third kappa shape index (κ3) is 203. The van der Waals surface area contributed by atoms with Crippen molar-refractivity contribution in [3.05, 3.63) is 14.0 Å². The first-order valence-corrected chi connectivity index (χ1v) is 2.34. The van der Waals surface area contributed by atoms with E-state index in [0.717, 1.165) is 6.42 Å². The summed E-state index contributed by atoms with van der Waals surface area (Å²) in [5, 5.41) is 6.75. The molecule has 0 amide bonds. The number of aliphatic hydroxyl groups excluding tert-OH is 1. The molecular weight excluding hydrogens is 610 g/mol. The van der Waals surface area contributed by atoms with E-state index in [1.54, 1.807) is 14.2 Å². The second kappa shape index (κ2) is 93.8. The fraction of sp³-hybridized carbons (Fsp3) is 0.667. The minimum atomic E-state index is 0. The van der Waals surface area contributed by atoms with Gasteiger partial charge in [0.15, 0.2) is 0 Å². The smallest absolute Gasteiger partial charge is 0.0351 e. The molecule has 0 atom stereocenters. The van der Waals surface area contributed by atoms with E-state index in [9.17, 15) is 0 Å². The summed E-state index contributed by atoms with van der Waals surface area (Å²) in [7, 11) is 5.50. The molecule has 0 aromatic carbocycles. The summed E-state index contributed by atoms with van der Waals surface area (Å²) in [6.07, 6.45) is 1.00. The summed E-state index contributed by atoms with van der Waals surface area (Å²) in [5.41, 5.74) is 0. The summed E-state index contributed by atoms with van der Waals surface area (Å²) >= 11 is 0. The van der Waals surface area contributed by atoms with Gasteiger partial charge in [-0.05, 0) is 0 Å². The van der Waals surface area contributed by atoms with Crippen LogP contribution in [0, 0.1) is 102 Å². The van der Waals surface area contributed by atoms with Crippen molar-refractivity contribution in [3.63, 3.8) is 0 Å². The maximum absolute atomic E-state index is 6.75. The van der Waals surface area contributed by atoms with Crippen molar-refractivity contribution in [3.8, 4) is 0 Å². The topological polar surface area (TPSA) is 61.0 Å². The van der Waals surface area contributed by atoms with Gasteiger partial charge in [-0.25, -0.2) is 7.11 Å². The van der Waals surface area contributed by atoms with Crippen molar-refractivity contribution in [2.24, 2.45) is 0 Å². The van der Waals surface area contributed by atoms with Gasteiger partial charge in [-0.1, -0.05) is 6.92 Å². The predicted molar refractivity (Wildman–Crippen MR) is 46.7 cm³/mol. The number of rotatable bonds is 0. The molecule has 0 heterocycles. The monoisotopic (exact) mass is 628 g/mol. The van der Waals surface area contributed by atoms with E-state index in [0.29, 0.717) is 0 Å². The number of aliphatic hydroxyl groups is 1. The van der Waals surface area contributed by atoms with Crippen molar-refractivity contribution >= 4 is 12.4 Å². The Morgan fingerprint density at radius 1 is 1.17 bits per heavy atom. The third-order valence-electron chi connectivity index (χ3n) is 0. The zero-order valence-corrected chi connectivity index (χ0v) is 18.3. The van der Waals surface area contributed by atoms with E-state index < -0.39 is 0 Å². The molecule has 3 nitrogen and oxygen atoms in total. The minimum Gasteiger partial charge on any atom is -0.569 e. The zero-order valence-electron chi connectivity index (χ0n) is 8.04. The van der Waals surface area contributed by atoms with Crippen LogP contribution in [-0.2, 0) is 4.74 Å². The molecule has 12 heavy (non-hydrogen) atoms. The molecular formula is C6H19Ac2ClO3-2. The van der Waals surface area contributed by atoms with Gasteiger partial charge in [-0.15, -0.1) is 12.4 Å². The molecule has 0 bridgehead atoms. The van der Waals surface area contributed by atoms with Gasteiger partial charge in [0.05, 0.1) is 0 Å². The van der Waals surface area contributed by atoms with Crippen molar-refractivity contribution in [2.75, 3.05) is 14.2 Å². The Kier molecular flexibility index (Phi) is 358. The van der Waals surface area contributed by atoms with Gasteiger partial charge in [0.1, 0.15) is 0 Å². The van der Waals surface area contributed by atoms with E-state index in [2.05, 4.69) is 18.8 Å². The summed E-state index contributed by atoms with van der Waals surface area (Å²) < 4.78 is 4.25. The van der Waals surface area contributed by atoms with Crippen LogP contribution in [0.5, 0.6) is 0 Å². The maximum Gasteiger partial charge on any atom is 0.0351 e. The molecule has 0 aliphatic heterocycles. The first-order chi connectivity index (χ1) is 3.83. The van der Waals surface area contributed by atoms with E-state index in [1.165, 1.54) is 0 Å². The Balaban J connectivity index is -0.00000000544. The largest absolute Gasteiger partial charge is 0.569 e. The van der Waals surface area contributed by atoms with Crippen molar-refractivity contribution in [1.82, 2.24) is 0 Å². The van der Waals surface area contributed by atoms with E-state index >= 15 is 0 Å². The molecule has 0 aliphatic carbocycles. The zero-order chi connectivity index (χ0) is 7.41. The van der Waals surface area contributed by atoms with Gasteiger partial charge in [-0.3, -0.25) is 0 Å². The van der Waals surface area contributed by atoms with Crippen molar-refractivity contribution in [1.29, 1.82) is 0 Å². The average Bonchev–Trinajstić information content (AvgIpc) is 1.75. The van der Waals surface area contributed by atoms with Crippen LogP contribution in [-0.4, -0.2) is 24.8 Å². The number of hydrogen-bond donors (Lipinski definition) is 1. The molecule has 0 spiro atoms. The molecule has 0 unspecified atom stereocenters. The van der Waals surface area contributed by atoms with Crippen LogP contribution < -0.4 is 0 Å². The number of hydrogen-bond acceptors (Lipinski definition) is 2. The number of methoxy groups -OCH3 is 1. The fourth-order valence-corrected chi connectivity index (χ4v) is 0. The van der Waals surface area contributed by atoms with Crippen LogP contribution >= 0.6 is 12.4 Å². The van der Waals surface area contributed by atoms with Crippen LogP contribution in [0.25, 0.3) is 0 Å². The maximum atomic E-state index is 6.75. The first kappa shape index (κ1) is 45.8. The molecule has 0 aromatic heterocycles.